The first kappa shape index (κ1) is 37.1. The van der Waals surface area contributed by atoms with Crippen LogP contribution in [0, 0.1) is 34.0 Å². The molecule has 0 bridgehead atoms. The SMILES string of the molecule is CC(C)[Si](C#Cc1cccc2cccc(-c3ccc4c(N5CCN(C(=O)O)C(CC#N)(C(C)(C)C)C5)nc(Cl)nc4c3F)c12)(C(C)C)C(C)C. The van der Waals surface area contributed by atoms with E-state index in [-0.39, 0.29) is 30.3 Å². The summed E-state index contributed by atoms with van der Waals surface area (Å²) in [5.74, 6) is 3.49. The molecule has 3 aromatic carbocycles. The number of nitrogens with zero attached hydrogens (tertiary/aromatic N) is 5. The number of benzene rings is 3. The van der Waals surface area contributed by atoms with Crippen LogP contribution < -0.4 is 4.90 Å². The van der Waals surface area contributed by atoms with E-state index in [0.29, 0.717) is 45.5 Å². The monoisotopic (exact) mass is 711 g/mol. The van der Waals surface area contributed by atoms with Crippen molar-refractivity contribution >= 4 is 53.3 Å². The second-order valence-corrected chi connectivity index (χ2v) is 21.4. The summed E-state index contributed by atoms with van der Waals surface area (Å²) >= 11 is 6.51. The molecule has 1 aliphatic heterocycles. The molecule has 1 aromatic heterocycles. The molecule has 50 heavy (non-hydrogen) atoms. The first-order chi connectivity index (χ1) is 23.5. The molecule has 0 saturated carbocycles. The minimum Gasteiger partial charge on any atom is -0.465 e. The third-order valence-corrected chi connectivity index (χ3v) is 17.6. The van der Waals surface area contributed by atoms with Crippen LogP contribution in [0.2, 0.25) is 21.9 Å². The zero-order valence-electron chi connectivity index (χ0n) is 30.5. The Morgan fingerprint density at radius 1 is 1.00 bits per heavy atom. The van der Waals surface area contributed by atoms with Gasteiger partial charge in [-0.05, 0) is 56.7 Å². The van der Waals surface area contributed by atoms with Crippen molar-refractivity contribution in [2.45, 2.75) is 90.9 Å². The van der Waals surface area contributed by atoms with Crippen molar-refractivity contribution in [2.24, 2.45) is 5.41 Å². The van der Waals surface area contributed by atoms with Gasteiger partial charge in [-0.2, -0.15) is 10.2 Å². The van der Waals surface area contributed by atoms with Crippen LogP contribution in [0.3, 0.4) is 0 Å². The molecule has 0 aliphatic carbocycles. The molecular formula is C40H47ClFN5O2Si. The summed E-state index contributed by atoms with van der Waals surface area (Å²) in [5, 5.41) is 22.2. The Bertz CT molecular complexity index is 2030. The normalized spacial score (nSPS) is 17.1. The summed E-state index contributed by atoms with van der Waals surface area (Å²) in [6.07, 6.45) is -1.10. The summed E-state index contributed by atoms with van der Waals surface area (Å²) in [7, 11) is -2.03. The summed E-state index contributed by atoms with van der Waals surface area (Å²) in [4.78, 5) is 24.6. The third-order valence-electron chi connectivity index (χ3n) is 11.1. The number of carboxylic acid groups (broad SMARTS) is 1. The Morgan fingerprint density at radius 2 is 1.64 bits per heavy atom. The van der Waals surface area contributed by atoms with Crippen LogP contribution in [0.1, 0.15) is 74.3 Å². The van der Waals surface area contributed by atoms with E-state index in [1.165, 1.54) is 4.90 Å². The fraction of sp³-hybridized carbons (Fsp3) is 0.450. The van der Waals surface area contributed by atoms with Gasteiger partial charge in [0.1, 0.15) is 19.4 Å². The highest BCUT2D eigenvalue weighted by molar-refractivity contribution is 6.90. The van der Waals surface area contributed by atoms with Gasteiger partial charge in [-0.1, -0.05) is 105 Å². The predicted octanol–water partition coefficient (Wildman–Crippen LogP) is 10.3. The number of hydrogen-bond acceptors (Lipinski definition) is 5. The number of halogens is 2. The van der Waals surface area contributed by atoms with E-state index in [0.717, 1.165) is 16.3 Å². The number of rotatable bonds is 6. The lowest BCUT2D eigenvalue weighted by atomic mass is 9.69. The molecular weight excluding hydrogens is 665 g/mol. The first-order valence-corrected chi connectivity index (χ1v) is 19.9. The molecule has 10 heteroatoms. The summed E-state index contributed by atoms with van der Waals surface area (Å²) in [6, 6.07) is 17.7. The standard InChI is InChI=1S/C40H47ClFN5O2Si/c1-25(2)50(26(3)4,27(5)6)23-18-29-13-10-12-28-14-11-15-30(33(28)29)31-16-17-32-35(34(31)42)44-37(41)45-36(32)46-21-22-47(38(48)49)40(24-46,19-20-43)39(7,8)9/h10-17,25-27H,19,21-22,24H2,1-9H3,(H,48,49). The van der Waals surface area contributed by atoms with Gasteiger partial charge in [0.15, 0.2) is 5.82 Å². The van der Waals surface area contributed by atoms with E-state index in [1.807, 2.05) is 68.1 Å². The Morgan fingerprint density at radius 3 is 2.22 bits per heavy atom. The molecule has 1 amide bonds. The van der Waals surface area contributed by atoms with Crippen LogP contribution in [-0.4, -0.2) is 59.3 Å². The van der Waals surface area contributed by atoms with Gasteiger partial charge in [0, 0.05) is 41.5 Å². The molecule has 1 aliphatic rings. The fourth-order valence-corrected chi connectivity index (χ4v) is 13.8. The molecule has 1 N–H and O–H groups in total. The summed E-state index contributed by atoms with van der Waals surface area (Å²) < 4.78 is 16.9. The molecule has 0 spiro atoms. The van der Waals surface area contributed by atoms with Crippen molar-refractivity contribution in [1.82, 2.24) is 14.9 Å². The van der Waals surface area contributed by atoms with Crippen LogP contribution in [-0.2, 0) is 0 Å². The molecule has 0 radical (unpaired) electrons. The average Bonchev–Trinajstić information content (AvgIpc) is 3.04. The lowest BCUT2D eigenvalue weighted by Gasteiger charge is -2.55. The molecule has 2 heterocycles. The molecule has 4 aromatic rings. The zero-order valence-corrected chi connectivity index (χ0v) is 32.3. The number of nitriles is 1. The number of aromatic nitrogens is 2. The van der Waals surface area contributed by atoms with Gasteiger partial charge in [0.2, 0.25) is 5.28 Å². The Balaban J connectivity index is 1.69. The second kappa shape index (κ2) is 13.9. The smallest absolute Gasteiger partial charge is 0.407 e. The van der Waals surface area contributed by atoms with Gasteiger partial charge in [0.25, 0.3) is 0 Å². The van der Waals surface area contributed by atoms with E-state index < -0.39 is 30.9 Å². The van der Waals surface area contributed by atoms with Crippen LogP contribution in [0.5, 0.6) is 0 Å². The fourth-order valence-electron chi connectivity index (χ4n) is 8.41. The van der Waals surface area contributed by atoms with Crippen LogP contribution >= 0.6 is 11.6 Å². The number of amides is 1. The van der Waals surface area contributed by atoms with E-state index in [9.17, 15) is 15.2 Å². The van der Waals surface area contributed by atoms with Gasteiger partial charge in [0.05, 0.1) is 18.0 Å². The number of anilines is 1. The summed E-state index contributed by atoms with van der Waals surface area (Å²) in [6.45, 7) is 20.2. The van der Waals surface area contributed by atoms with E-state index in [4.69, 9.17) is 11.6 Å². The largest absolute Gasteiger partial charge is 0.465 e. The molecule has 262 valence electrons. The maximum atomic E-state index is 16.9. The zero-order chi connectivity index (χ0) is 36.8. The van der Waals surface area contributed by atoms with Crippen molar-refractivity contribution in [3.8, 4) is 28.7 Å². The van der Waals surface area contributed by atoms with Crippen molar-refractivity contribution in [3.05, 3.63) is 65.2 Å². The first-order valence-electron chi connectivity index (χ1n) is 17.3. The maximum Gasteiger partial charge on any atom is 0.407 e. The molecule has 1 atom stereocenters. The Labute approximate surface area is 301 Å². The lowest BCUT2D eigenvalue weighted by Crippen LogP contribution is -2.69. The van der Waals surface area contributed by atoms with Crippen molar-refractivity contribution < 1.29 is 14.3 Å². The predicted molar refractivity (Wildman–Crippen MR) is 205 cm³/mol. The van der Waals surface area contributed by atoms with Crippen LogP contribution in [0.4, 0.5) is 15.0 Å². The van der Waals surface area contributed by atoms with Gasteiger partial charge >= 0.3 is 6.09 Å². The van der Waals surface area contributed by atoms with Crippen LogP contribution in [0.25, 0.3) is 32.8 Å². The number of carbonyl (C=O) groups is 1. The molecule has 5 rings (SSSR count). The Kier molecular flexibility index (Phi) is 10.3. The van der Waals surface area contributed by atoms with Crippen molar-refractivity contribution in [1.29, 1.82) is 5.26 Å². The van der Waals surface area contributed by atoms with Crippen molar-refractivity contribution in [2.75, 3.05) is 24.5 Å². The van der Waals surface area contributed by atoms with Gasteiger partial charge in [-0.15, -0.1) is 5.54 Å². The second-order valence-electron chi connectivity index (χ2n) is 15.5. The van der Waals surface area contributed by atoms with Gasteiger partial charge in [-0.3, -0.25) is 4.90 Å². The van der Waals surface area contributed by atoms with Crippen LogP contribution in [0.15, 0.2) is 48.5 Å². The molecule has 7 nitrogen and oxygen atoms in total. The topological polar surface area (TPSA) is 93.3 Å². The molecule has 1 unspecified atom stereocenters. The van der Waals surface area contributed by atoms with E-state index >= 15 is 4.39 Å². The number of piperazine rings is 1. The quantitative estimate of drug-likeness (QED) is 0.122. The van der Waals surface area contributed by atoms with Gasteiger partial charge in [-0.25, -0.2) is 14.2 Å². The van der Waals surface area contributed by atoms with Crippen molar-refractivity contribution in [3.63, 3.8) is 0 Å². The van der Waals surface area contributed by atoms with Gasteiger partial charge < -0.3 is 10.0 Å². The van der Waals surface area contributed by atoms with E-state index in [2.05, 4.69) is 69.0 Å². The third kappa shape index (κ3) is 6.20. The maximum absolute atomic E-state index is 16.9. The summed E-state index contributed by atoms with van der Waals surface area (Å²) in [5.41, 5.74) is 5.65. The minimum absolute atomic E-state index is 0.0179. The highest BCUT2D eigenvalue weighted by Gasteiger charge is 2.52. The number of hydrogen-bond donors (Lipinski definition) is 1. The minimum atomic E-state index is -2.03. The lowest BCUT2D eigenvalue weighted by molar-refractivity contribution is -0.00275. The molecule has 1 saturated heterocycles. The number of fused-ring (bicyclic) bond motifs is 2. The van der Waals surface area contributed by atoms with E-state index in [1.54, 1.807) is 6.07 Å². The highest BCUT2D eigenvalue weighted by atomic mass is 35.5. The highest BCUT2D eigenvalue weighted by Crippen LogP contribution is 2.44. The Hall–Kier alpha value is -4.18. The molecule has 1 fully saturated rings. The average molecular weight is 712 g/mol.